The van der Waals surface area contributed by atoms with Gasteiger partial charge in [0.15, 0.2) is 6.10 Å². The summed E-state index contributed by atoms with van der Waals surface area (Å²) in [4.78, 5) is 34.7. The molecule has 0 heterocycles. The first-order valence-corrected chi connectivity index (χ1v) is 7.99. The number of nitrogens with one attached hydrogen (secondary N) is 1. The van der Waals surface area contributed by atoms with E-state index in [0.29, 0.717) is 5.56 Å². The van der Waals surface area contributed by atoms with Crippen LogP contribution in [0.3, 0.4) is 0 Å². The largest absolute Gasteiger partial charge is 0.449 e. The van der Waals surface area contributed by atoms with Gasteiger partial charge in [0.2, 0.25) is 0 Å². The van der Waals surface area contributed by atoms with Crippen LogP contribution in [0.25, 0.3) is 0 Å². The molecule has 2 aromatic rings. The topological polar surface area (TPSA) is 108 Å². The first kappa shape index (κ1) is 20.7. The molecule has 28 heavy (non-hydrogen) atoms. The molecule has 8 nitrogen and oxygen atoms in total. The van der Waals surface area contributed by atoms with E-state index in [9.17, 15) is 28.5 Å². The van der Waals surface area contributed by atoms with Gasteiger partial charge in [-0.05, 0) is 32.0 Å². The number of rotatable bonds is 7. The van der Waals surface area contributed by atoms with Crippen LogP contribution in [0.4, 0.5) is 20.2 Å². The first-order chi connectivity index (χ1) is 13.2. The average molecular weight is 394 g/mol. The number of halogens is 2. The Labute approximate surface area is 158 Å². The third-order valence-corrected chi connectivity index (χ3v) is 3.66. The van der Waals surface area contributed by atoms with Crippen LogP contribution in [0.1, 0.15) is 22.8 Å². The highest BCUT2D eigenvalue weighted by Crippen LogP contribution is 2.26. The summed E-state index contributed by atoms with van der Waals surface area (Å²) in [6.07, 6.45) is -1.30. The van der Waals surface area contributed by atoms with Crippen molar-refractivity contribution in [2.45, 2.75) is 26.6 Å². The van der Waals surface area contributed by atoms with Crippen molar-refractivity contribution in [3.8, 4) is 5.75 Å². The number of carbonyl (C=O) groups is 2. The number of nitro benzene ring substituents is 1. The smallest absolute Gasteiger partial charge is 0.387 e. The molecule has 0 aliphatic rings. The molecule has 0 bridgehead atoms. The highest BCUT2D eigenvalue weighted by atomic mass is 19.3. The van der Waals surface area contributed by atoms with Crippen molar-refractivity contribution in [1.82, 2.24) is 0 Å². The number of alkyl halides is 2. The second-order valence-electron chi connectivity index (χ2n) is 5.67. The van der Waals surface area contributed by atoms with Crippen molar-refractivity contribution in [3.63, 3.8) is 0 Å². The second kappa shape index (κ2) is 8.89. The minimum absolute atomic E-state index is 0.0262. The molecule has 1 amide bonds. The molecule has 1 atom stereocenters. The summed E-state index contributed by atoms with van der Waals surface area (Å²) < 4.78 is 34.2. The Morgan fingerprint density at radius 3 is 2.50 bits per heavy atom. The fourth-order valence-corrected chi connectivity index (χ4v) is 2.22. The quantitative estimate of drug-likeness (QED) is 0.436. The Morgan fingerprint density at radius 2 is 1.86 bits per heavy atom. The third kappa shape index (κ3) is 5.22. The summed E-state index contributed by atoms with van der Waals surface area (Å²) in [6, 6.07) is 9.29. The van der Waals surface area contributed by atoms with Gasteiger partial charge in [-0.2, -0.15) is 8.78 Å². The first-order valence-electron chi connectivity index (χ1n) is 7.99. The summed E-state index contributed by atoms with van der Waals surface area (Å²) in [6.45, 7) is -0.292. The van der Waals surface area contributed by atoms with E-state index < -0.39 is 29.5 Å². The van der Waals surface area contributed by atoms with Crippen LogP contribution in [0.5, 0.6) is 5.75 Å². The highest BCUT2D eigenvalue weighted by Gasteiger charge is 2.22. The van der Waals surface area contributed by atoms with Gasteiger partial charge in [-0.3, -0.25) is 14.9 Å². The van der Waals surface area contributed by atoms with Gasteiger partial charge in [-0.25, -0.2) is 4.79 Å². The number of aryl methyl sites for hydroxylation is 1. The lowest BCUT2D eigenvalue weighted by atomic mass is 10.1. The van der Waals surface area contributed by atoms with Crippen LogP contribution in [0.15, 0.2) is 42.5 Å². The molecule has 148 valence electrons. The molecule has 0 saturated carbocycles. The number of ether oxygens (including phenoxy) is 2. The van der Waals surface area contributed by atoms with Gasteiger partial charge in [0.05, 0.1) is 16.2 Å². The molecular formula is C18H16F2N2O6. The number of anilines is 1. The SMILES string of the molecule is Cc1ccc(C(=O)O[C@@H](C)C(=O)Nc2ccccc2OC(F)F)cc1[N+](=O)[O-]. The monoisotopic (exact) mass is 394 g/mol. The number of hydrogen-bond donors (Lipinski definition) is 1. The molecule has 0 aliphatic carbocycles. The van der Waals surface area contributed by atoms with Gasteiger partial charge in [0.25, 0.3) is 11.6 Å². The van der Waals surface area contributed by atoms with Crippen LogP contribution < -0.4 is 10.1 Å². The summed E-state index contributed by atoms with van der Waals surface area (Å²) >= 11 is 0. The molecule has 0 radical (unpaired) electrons. The van der Waals surface area contributed by atoms with Crippen molar-refractivity contribution in [2.75, 3.05) is 5.32 Å². The Hall–Kier alpha value is -3.56. The Kier molecular flexibility index (Phi) is 6.59. The van der Waals surface area contributed by atoms with Crippen LogP contribution >= 0.6 is 0 Å². The fourth-order valence-electron chi connectivity index (χ4n) is 2.22. The predicted molar refractivity (Wildman–Crippen MR) is 94.4 cm³/mol. The molecule has 0 fully saturated rings. The van der Waals surface area contributed by atoms with Crippen LogP contribution in [0, 0.1) is 17.0 Å². The van der Waals surface area contributed by atoms with E-state index >= 15 is 0 Å². The van der Waals surface area contributed by atoms with Gasteiger partial charge in [0.1, 0.15) is 5.75 Å². The lowest BCUT2D eigenvalue weighted by Crippen LogP contribution is -2.30. The Bertz CT molecular complexity index is 903. The van der Waals surface area contributed by atoms with Gasteiger partial charge < -0.3 is 14.8 Å². The van der Waals surface area contributed by atoms with Gasteiger partial charge in [-0.15, -0.1) is 0 Å². The standard InChI is InChI=1S/C18H16F2N2O6/c1-10-7-8-12(9-14(10)22(25)26)17(24)27-11(2)16(23)21-13-5-3-4-6-15(13)28-18(19)20/h3-9,11,18H,1-2H3,(H,21,23)/t11-/m0/s1. The van der Waals surface area contributed by atoms with Crippen LogP contribution in [0.2, 0.25) is 0 Å². The number of nitrogens with zero attached hydrogens (tertiary/aromatic N) is 1. The maximum absolute atomic E-state index is 12.4. The number of amides is 1. The number of hydrogen-bond acceptors (Lipinski definition) is 6. The molecule has 1 N–H and O–H groups in total. The van der Waals surface area contributed by atoms with Gasteiger partial charge >= 0.3 is 12.6 Å². The molecule has 2 rings (SSSR count). The van der Waals surface area contributed by atoms with E-state index in [1.54, 1.807) is 0 Å². The van der Waals surface area contributed by atoms with Gasteiger partial charge in [-0.1, -0.05) is 18.2 Å². The zero-order valence-electron chi connectivity index (χ0n) is 14.8. The zero-order chi connectivity index (χ0) is 20.8. The number of benzene rings is 2. The minimum Gasteiger partial charge on any atom is -0.449 e. The fraction of sp³-hybridized carbons (Fsp3) is 0.222. The van der Waals surface area contributed by atoms with Crippen molar-refractivity contribution in [1.29, 1.82) is 0 Å². The van der Waals surface area contributed by atoms with E-state index in [2.05, 4.69) is 10.1 Å². The van der Waals surface area contributed by atoms with E-state index in [0.717, 1.165) is 6.07 Å². The van der Waals surface area contributed by atoms with E-state index in [1.165, 1.54) is 50.2 Å². The van der Waals surface area contributed by atoms with Crippen molar-refractivity contribution < 1.29 is 32.8 Å². The van der Waals surface area contributed by atoms with Crippen LogP contribution in [-0.4, -0.2) is 29.5 Å². The van der Waals surface area contributed by atoms with Crippen LogP contribution in [-0.2, 0) is 9.53 Å². The van der Waals surface area contributed by atoms with Gasteiger partial charge in [0, 0.05) is 11.6 Å². The second-order valence-corrected chi connectivity index (χ2v) is 5.67. The molecule has 10 heteroatoms. The van der Waals surface area contributed by atoms with E-state index in [-0.39, 0.29) is 22.7 Å². The lowest BCUT2D eigenvalue weighted by Gasteiger charge is -2.15. The molecule has 0 unspecified atom stereocenters. The Morgan fingerprint density at radius 1 is 1.18 bits per heavy atom. The molecule has 0 aromatic heterocycles. The number of carbonyl (C=O) groups excluding carboxylic acids is 2. The zero-order valence-corrected chi connectivity index (χ0v) is 14.8. The van der Waals surface area contributed by atoms with Crippen molar-refractivity contribution in [2.24, 2.45) is 0 Å². The Balaban J connectivity index is 2.08. The molecular weight excluding hydrogens is 378 g/mol. The normalized spacial score (nSPS) is 11.6. The average Bonchev–Trinajstić information content (AvgIpc) is 2.62. The van der Waals surface area contributed by atoms with E-state index in [4.69, 9.17) is 4.74 Å². The number of para-hydroxylation sites is 2. The third-order valence-electron chi connectivity index (χ3n) is 3.66. The highest BCUT2D eigenvalue weighted by molar-refractivity contribution is 5.98. The molecule has 0 saturated heterocycles. The predicted octanol–water partition coefficient (Wildman–Crippen LogP) is 3.69. The molecule has 2 aromatic carbocycles. The maximum atomic E-state index is 12.4. The minimum atomic E-state index is -3.08. The van der Waals surface area contributed by atoms with E-state index in [1.807, 2.05) is 0 Å². The van der Waals surface area contributed by atoms with Crippen molar-refractivity contribution >= 4 is 23.3 Å². The maximum Gasteiger partial charge on any atom is 0.387 e. The number of nitro groups is 1. The van der Waals surface area contributed by atoms with Crippen molar-refractivity contribution in [3.05, 3.63) is 63.7 Å². The summed E-state index contributed by atoms with van der Waals surface area (Å²) in [5.41, 5.74) is -0.0207. The summed E-state index contributed by atoms with van der Waals surface area (Å²) in [7, 11) is 0. The molecule has 0 aliphatic heterocycles. The summed E-state index contributed by atoms with van der Waals surface area (Å²) in [5, 5.41) is 13.3. The number of esters is 1. The lowest BCUT2D eigenvalue weighted by molar-refractivity contribution is -0.385. The summed E-state index contributed by atoms with van der Waals surface area (Å²) in [5.74, 6) is -1.98. The molecule has 0 spiro atoms.